The minimum atomic E-state index is 0. The van der Waals surface area contributed by atoms with Crippen molar-refractivity contribution in [3.8, 4) is 5.75 Å². The van der Waals surface area contributed by atoms with Gasteiger partial charge in [0.25, 0.3) is 0 Å². The third-order valence-electron chi connectivity index (χ3n) is 4.28. The number of halogens is 1. The number of hydrogen-bond donors (Lipinski definition) is 2. The molecule has 2 rings (SSSR count). The van der Waals surface area contributed by atoms with E-state index in [-0.39, 0.29) is 24.0 Å². The average molecular weight is 460 g/mol. The molecule has 0 amide bonds. The van der Waals surface area contributed by atoms with Crippen molar-refractivity contribution in [2.45, 2.75) is 33.2 Å². The molecule has 6 heteroatoms. The van der Waals surface area contributed by atoms with Crippen LogP contribution in [0.5, 0.6) is 5.75 Å². The molecule has 1 aliphatic rings. The summed E-state index contributed by atoms with van der Waals surface area (Å²) in [6, 6.07) is 8.06. The number of likely N-dealkylation sites (tertiary alicyclic amines) is 1. The summed E-state index contributed by atoms with van der Waals surface area (Å²) < 4.78 is 5.27. The molecule has 1 atom stereocenters. The summed E-state index contributed by atoms with van der Waals surface area (Å²) in [4.78, 5) is 7.25. The summed E-state index contributed by atoms with van der Waals surface area (Å²) in [5, 5.41) is 6.80. The third-order valence-corrected chi connectivity index (χ3v) is 4.28. The number of rotatable bonds is 8. The molecule has 1 unspecified atom stereocenters. The van der Waals surface area contributed by atoms with E-state index in [4.69, 9.17) is 4.74 Å². The average Bonchev–Trinajstić information content (AvgIpc) is 3.10. The van der Waals surface area contributed by atoms with E-state index in [1.807, 2.05) is 18.2 Å². The Morgan fingerprint density at radius 1 is 1.28 bits per heavy atom. The molecule has 1 fully saturated rings. The van der Waals surface area contributed by atoms with Crippen LogP contribution in [-0.4, -0.2) is 50.7 Å². The zero-order valence-electron chi connectivity index (χ0n) is 15.8. The molecule has 1 heterocycles. The van der Waals surface area contributed by atoms with Gasteiger partial charge in [-0.2, -0.15) is 0 Å². The first-order chi connectivity index (χ1) is 11.7. The Labute approximate surface area is 169 Å². The van der Waals surface area contributed by atoms with Gasteiger partial charge in [-0.25, -0.2) is 4.99 Å². The van der Waals surface area contributed by atoms with Crippen LogP contribution in [0.25, 0.3) is 0 Å². The van der Waals surface area contributed by atoms with Crippen molar-refractivity contribution < 1.29 is 4.74 Å². The van der Waals surface area contributed by atoms with E-state index in [1.165, 1.54) is 32.5 Å². The standard InChI is InChI=1S/C19H32N4O.HI/c1-4-20-19(21-13-16(2)15-23-10-5-6-11-23)22-14-17-8-7-9-18(12-17)24-3;/h7-9,12,16H,4-6,10-11,13-15H2,1-3H3,(H2,20,21,22);1H. The van der Waals surface area contributed by atoms with Gasteiger partial charge >= 0.3 is 0 Å². The number of aliphatic imine (C=N–C) groups is 1. The summed E-state index contributed by atoms with van der Waals surface area (Å²) in [5.41, 5.74) is 1.15. The maximum Gasteiger partial charge on any atom is 0.191 e. The second-order valence-electron chi connectivity index (χ2n) is 6.54. The van der Waals surface area contributed by atoms with Crippen molar-refractivity contribution in [3.63, 3.8) is 0 Å². The zero-order chi connectivity index (χ0) is 17.2. The number of ether oxygens (including phenoxy) is 1. The predicted octanol–water partition coefficient (Wildman–Crippen LogP) is 3.10. The molecule has 1 aliphatic heterocycles. The van der Waals surface area contributed by atoms with E-state index in [9.17, 15) is 0 Å². The van der Waals surface area contributed by atoms with E-state index >= 15 is 0 Å². The van der Waals surface area contributed by atoms with Gasteiger partial charge in [0.2, 0.25) is 0 Å². The predicted molar refractivity (Wildman–Crippen MR) is 116 cm³/mol. The van der Waals surface area contributed by atoms with Crippen LogP contribution in [0.15, 0.2) is 29.3 Å². The molecule has 1 saturated heterocycles. The molecule has 5 nitrogen and oxygen atoms in total. The molecule has 2 N–H and O–H groups in total. The van der Waals surface area contributed by atoms with Crippen molar-refractivity contribution in [1.29, 1.82) is 0 Å². The molecule has 0 radical (unpaired) electrons. The largest absolute Gasteiger partial charge is 0.497 e. The molecule has 142 valence electrons. The van der Waals surface area contributed by atoms with E-state index < -0.39 is 0 Å². The van der Waals surface area contributed by atoms with E-state index in [0.29, 0.717) is 12.5 Å². The van der Waals surface area contributed by atoms with Gasteiger partial charge in [-0.15, -0.1) is 24.0 Å². The van der Waals surface area contributed by atoms with Crippen LogP contribution in [0, 0.1) is 5.92 Å². The Kier molecular flexibility index (Phi) is 10.9. The summed E-state index contributed by atoms with van der Waals surface area (Å²) in [5.74, 6) is 2.37. The second-order valence-corrected chi connectivity index (χ2v) is 6.54. The summed E-state index contributed by atoms with van der Waals surface area (Å²) in [7, 11) is 1.69. The number of methoxy groups -OCH3 is 1. The molecule has 0 aromatic heterocycles. The van der Waals surface area contributed by atoms with Crippen LogP contribution < -0.4 is 15.4 Å². The lowest BCUT2D eigenvalue weighted by Crippen LogP contribution is -2.41. The topological polar surface area (TPSA) is 48.9 Å². The minimum Gasteiger partial charge on any atom is -0.497 e. The summed E-state index contributed by atoms with van der Waals surface area (Å²) in [6.45, 7) is 10.5. The van der Waals surface area contributed by atoms with Crippen molar-refractivity contribution in [1.82, 2.24) is 15.5 Å². The van der Waals surface area contributed by atoms with Crippen molar-refractivity contribution in [3.05, 3.63) is 29.8 Å². The lowest BCUT2D eigenvalue weighted by Gasteiger charge is -2.21. The fourth-order valence-corrected chi connectivity index (χ4v) is 3.02. The Morgan fingerprint density at radius 3 is 2.72 bits per heavy atom. The first-order valence-corrected chi connectivity index (χ1v) is 9.08. The summed E-state index contributed by atoms with van der Waals surface area (Å²) in [6.07, 6.45) is 2.70. The Morgan fingerprint density at radius 2 is 2.04 bits per heavy atom. The van der Waals surface area contributed by atoms with E-state index in [2.05, 4.69) is 40.4 Å². The van der Waals surface area contributed by atoms with Gasteiger partial charge in [-0.3, -0.25) is 0 Å². The van der Waals surface area contributed by atoms with Crippen molar-refractivity contribution >= 4 is 29.9 Å². The molecule has 0 bridgehead atoms. The monoisotopic (exact) mass is 460 g/mol. The molecule has 0 saturated carbocycles. The van der Waals surface area contributed by atoms with Crippen molar-refractivity contribution in [2.75, 3.05) is 39.8 Å². The fraction of sp³-hybridized carbons (Fsp3) is 0.632. The van der Waals surface area contributed by atoms with E-state index in [0.717, 1.165) is 30.4 Å². The number of hydrogen-bond acceptors (Lipinski definition) is 3. The highest BCUT2D eigenvalue weighted by Crippen LogP contribution is 2.13. The SMILES string of the molecule is CCNC(=NCc1cccc(OC)c1)NCC(C)CN1CCCC1.I. The normalized spacial score (nSPS) is 16.2. The van der Waals surface area contributed by atoms with Gasteiger partial charge in [0.1, 0.15) is 5.75 Å². The number of guanidine groups is 1. The van der Waals surface area contributed by atoms with Crippen molar-refractivity contribution in [2.24, 2.45) is 10.9 Å². The smallest absolute Gasteiger partial charge is 0.191 e. The third kappa shape index (κ3) is 8.27. The fourth-order valence-electron chi connectivity index (χ4n) is 3.02. The van der Waals surface area contributed by atoms with Gasteiger partial charge in [0.05, 0.1) is 13.7 Å². The van der Waals surface area contributed by atoms with Crippen LogP contribution in [0.3, 0.4) is 0 Å². The van der Waals surface area contributed by atoms with E-state index in [1.54, 1.807) is 7.11 Å². The van der Waals surface area contributed by atoms with Crippen LogP contribution in [0.2, 0.25) is 0 Å². The highest BCUT2D eigenvalue weighted by atomic mass is 127. The van der Waals surface area contributed by atoms with Gasteiger partial charge in [0.15, 0.2) is 5.96 Å². The molecule has 0 aliphatic carbocycles. The Hall–Kier alpha value is -1.02. The highest BCUT2D eigenvalue weighted by Gasteiger charge is 2.14. The lowest BCUT2D eigenvalue weighted by atomic mass is 10.1. The summed E-state index contributed by atoms with van der Waals surface area (Å²) >= 11 is 0. The molecular formula is C19H33IN4O. The van der Waals surface area contributed by atoms with Crippen LogP contribution in [0.1, 0.15) is 32.3 Å². The minimum absolute atomic E-state index is 0. The molecular weight excluding hydrogens is 427 g/mol. The first kappa shape index (κ1) is 22.0. The number of nitrogens with zero attached hydrogens (tertiary/aromatic N) is 2. The molecule has 1 aromatic rings. The quantitative estimate of drug-likeness (QED) is 0.356. The number of nitrogens with one attached hydrogen (secondary N) is 2. The van der Waals surface area contributed by atoms with Crippen LogP contribution >= 0.6 is 24.0 Å². The molecule has 25 heavy (non-hydrogen) atoms. The Bertz CT molecular complexity index is 518. The van der Waals surface area contributed by atoms with Crippen LogP contribution in [-0.2, 0) is 6.54 Å². The van der Waals surface area contributed by atoms with Gasteiger partial charge in [-0.1, -0.05) is 19.1 Å². The molecule has 0 spiro atoms. The Balaban J connectivity index is 0.00000312. The number of benzene rings is 1. The van der Waals surface area contributed by atoms with Gasteiger partial charge in [-0.05, 0) is 56.5 Å². The highest BCUT2D eigenvalue weighted by molar-refractivity contribution is 14.0. The molecule has 1 aromatic carbocycles. The second kappa shape index (κ2) is 12.4. The maximum absolute atomic E-state index is 5.27. The zero-order valence-corrected chi connectivity index (χ0v) is 18.1. The van der Waals surface area contributed by atoms with Gasteiger partial charge < -0.3 is 20.3 Å². The first-order valence-electron chi connectivity index (χ1n) is 9.08. The lowest BCUT2D eigenvalue weighted by molar-refractivity contribution is 0.287. The van der Waals surface area contributed by atoms with Gasteiger partial charge in [0, 0.05) is 19.6 Å². The van der Waals surface area contributed by atoms with Crippen LogP contribution in [0.4, 0.5) is 0 Å². The maximum atomic E-state index is 5.27.